The second-order valence-corrected chi connectivity index (χ2v) is 6.46. The molecule has 1 atom stereocenters. The number of nitrogens with one attached hydrogen (secondary N) is 1. The van der Waals surface area contributed by atoms with Crippen LogP contribution < -0.4 is 5.32 Å². The van der Waals surface area contributed by atoms with Gasteiger partial charge >= 0.3 is 0 Å². The van der Waals surface area contributed by atoms with Crippen LogP contribution in [0.25, 0.3) is 5.52 Å². The Morgan fingerprint density at radius 3 is 2.48 bits per heavy atom. The highest BCUT2D eigenvalue weighted by Gasteiger charge is 2.17. The van der Waals surface area contributed by atoms with Crippen LogP contribution >= 0.6 is 15.9 Å². The van der Waals surface area contributed by atoms with Gasteiger partial charge in [-0.25, -0.2) is 13.9 Å². The van der Waals surface area contributed by atoms with Crippen LogP contribution in [-0.4, -0.2) is 14.6 Å². The molecule has 0 saturated carbocycles. The van der Waals surface area contributed by atoms with Gasteiger partial charge in [0.1, 0.15) is 11.3 Å². The maximum Gasteiger partial charge on any atom is 0.154 e. The van der Waals surface area contributed by atoms with Gasteiger partial charge in [-0.05, 0) is 39.2 Å². The first-order chi connectivity index (χ1) is 12.2. The highest BCUT2D eigenvalue weighted by Crippen LogP contribution is 2.30. The summed E-state index contributed by atoms with van der Waals surface area (Å²) in [7, 11) is 0. The smallest absolute Gasteiger partial charge is 0.154 e. The first kappa shape index (κ1) is 15.8. The number of rotatable bonds is 4. The third-order valence-corrected chi connectivity index (χ3v) is 4.58. The quantitative estimate of drug-likeness (QED) is 0.536. The van der Waals surface area contributed by atoms with Crippen LogP contribution in [0.1, 0.15) is 17.2 Å². The van der Waals surface area contributed by atoms with Crippen molar-refractivity contribution in [1.82, 2.24) is 14.6 Å². The molecule has 0 aliphatic rings. The van der Waals surface area contributed by atoms with Crippen molar-refractivity contribution in [2.75, 3.05) is 5.32 Å². The highest BCUT2D eigenvalue weighted by molar-refractivity contribution is 9.10. The van der Waals surface area contributed by atoms with Crippen LogP contribution in [0.15, 0.2) is 77.7 Å². The van der Waals surface area contributed by atoms with Crippen LogP contribution in [0, 0.1) is 5.82 Å². The number of fused-ring (bicyclic) bond motifs is 1. The van der Waals surface area contributed by atoms with Crippen molar-refractivity contribution in [2.45, 2.75) is 6.04 Å². The molecule has 0 spiro atoms. The predicted molar refractivity (Wildman–Crippen MR) is 99.0 cm³/mol. The molecule has 2 heterocycles. The number of hydrogen-bond donors (Lipinski definition) is 1. The summed E-state index contributed by atoms with van der Waals surface area (Å²) in [5, 5.41) is 7.76. The molecule has 2 aromatic heterocycles. The Kier molecular flexibility index (Phi) is 4.19. The van der Waals surface area contributed by atoms with Crippen molar-refractivity contribution in [1.29, 1.82) is 0 Å². The first-order valence-corrected chi connectivity index (χ1v) is 8.56. The Hall–Kier alpha value is -2.73. The highest BCUT2D eigenvalue weighted by atomic mass is 79.9. The fourth-order valence-electron chi connectivity index (χ4n) is 2.81. The Bertz CT molecular complexity index is 999. The fourth-order valence-corrected chi connectivity index (χ4v) is 3.27. The second-order valence-electron chi connectivity index (χ2n) is 5.60. The summed E-state index contributed by atoms with van der Waals surface area (Å²) in [6, 6.07) is 16.3. The van der Waals surface area contributed by atoms with E-state index in [4.69, 9.17) is 0 Å². The summed E-state index contributed by atoms with van der Waals surface area (Å²) in [6.07, 6.45) is 5.22. The number of halogens is 2. The molecule has 124 valence electrons. The first-order valence-electron chi connectivity index (χ1n) is 7.77. The van der Waals surface area contributed by atoms with Gasteiger partial charge in [0.05, 0.1) is 16.7 Å². The summed E-state index contributed by atoms with van der Waals surface area (Å²) < 4.78 is 16.0. The van der Waals surface area contributed by atoms with Crippen molar-refractivity contribution >= 4 is 27.3 Å². The van der Waals surface area contributed by atoms with Gasteiger partial charge in [-0.2, -0.15) is 5.10 Å². The van der Waals surface area contributed by atoms with Crippen LogP contribution in [-0.2, 0) is 0 Å². The second kappa shape index (κ2) is 6.64. The molecule has 2 aromatic carbocycles. The SMILES string of the molecule is Fc1ccc(C(Nc2nccn3ncc(Br)c23)c2ccccc2)cc1. The Labute approximate surface area is 152 Å². The van der Waals surface area contributed by atoms with E-state index >= 15 is 0 Å². The van der Waals surface area contributed by atoms with Crippen LogP contribution in [0.2, 0.25) is 0 Å². The summed E-state index contributed by atoms with van der Waals surface area (Å²) in [4.78, 5) is 4.47. The third kappa shape index (κ3) is 3.13. The lowest BCUT2D eigenvalue weighted by Crippen LogP contribution is -2.14. The third-order valence-electron chi connectivity index (χ3n) is 4.00. The van der Waals surface area contributed by atoms with E-state index in [-0.39, 0.29) is 11.9 Å². The molecular weight excluding hydrogens is 383 g/mol. The van der Waals surface area contributed by atoms with Crippen molar-refractivity contribution in [3.8, 4) is 0 Å². The normalized spacial score (nSPS) is 12.2. The van der Waals surface area contributed by atoms with Crippen molar-refractivity contribution < 1.29 is 4.39 Å². The summed E-state index contributed by atoms with van der Waals surface area (Å²) in [6.45, 7) is 0. The van der Waals surface area contributed by atoms with Crippen LogP contribution in [0.5, 0.6) is 0 Å². The standard InChI is InChI=1S/C19H14BrFN4/c20-16-12-23-25-11-10-22-19(18(16)25)24-17(13-4-2-1-3-5-13)14-6-8-15(21)9-7-14/h1-12,17H,(H,22,24). The predicted octanol–water partition coefficient (Wildman–Crippen LogP) is 4.83. The van der Waals surface area contributed by atoms with E-state index in [1.165, 1.54) is 12.1 Å². The molecule has 4 aromatic rings. The van der Waals surface area contributed by atoms with Gasteiger partial charge in [-0.15, -0.1) is 0 Å². The molecule has 4 nitrogen and oxygen atoms in total. The average Bonchev–Trinajstić information content (AvgIpc) is 3.03. The summed E-state index contributed by atoms with van der Waals surface area (Å²) >= 11 is 3.52. The molecule has 6 heteroatoms. The van der Waals surface area contributed by atoms with E-state index in [2.05, 4.69) is 31.3 Å². The molecule has 0 fully saturated rings. The van der Waals surface area contributed by atoms with Crippen molar-refractivity contribution in [2.24, 2.45) is 0 Å². The number of aromatic nitrogens is 3. The van der Waals surface area contributed by atoms with E-state index in [0.717, 1.165) is 21.1 Å². The summed E-state index contributed by atoms with van der Waals surface area (Å²) in [5.74, 6) is 0.444. The van der Waals surface area contributed by atoms with Crippen molar-refractivity contribution in [3.63, 3.8) is 0 Å². The van der Waals surface area contributed by atoms with E-state index in [9.17, 15) is 4.39 Å². The zero-order valence-electron chi connectivity index (χ0n) is 13.1. The Morgan fingerprint density at radius 1 is 1.00 bits per heavy atom. The van der Waals surface area contributed by atoms with Gasteiger partial charge in [0.15, 0.2) is 5.82 Å². The lowest BCUT2D eigenvalue weighted by atomic mass is 9.98. The average molecular weight is 397 g/mol. The zero-order valence-corrected chi connectivity index (χ0v) is 14.7. The van der Waals surface area contributed by atoms with E-state index < -0.39 is 0 Å². The van der Waals surface area contributed by atoms with Gasteiger partial charge in [-0.3, -0.25) is 0 Å². The number of hydrogen-bond acceptors (Lipinski definition) is 3. The molecule has 0 radical (unpaired) electrons. The Morgan fingerprint density at radius 2 is 1.72 bits per heavy atom. The van der Waals surface area contributed by atoms with Crippen LogP contribution in [0.3, 0.4) is 0 Å². The topological polar surface area (TPSA) is 42.2 Å². The molecule has 1 N–H and O–H groups in total. The molecule has 0 aliphatic heterocycles. The maximum absolute atomic E-state index is 13.3. The minimum atomic E-state index is -0.255. The number of benzene rings is 2. The van der Waals surface area contributed by atoms with Gasteiger partial charge < -0.3 is 5.32 Å². The Balaban J connectivity index is 1.81. The maximum atomic E-state index is 13.3. The van der Waals surface area contributed by atoms with Gasteiger partial charge in [0, 0.05) is 12.4 Å². The molecule has 25 heavy (non-hydrogen) atoms. The van der Waals surface area contributed by atoms with Crippen molar-refractivity contribution in [3.05, 3.63) is 94.6 Å². The lowest BCUT2D eigenvalue weighted by molar-refractivity contribution is 0.626. The van der Waals surface area contributed by atoms with Gasteiger partial charge in [0.2, 0.25) is 0 Å². The minimum absolute atomic E-state index is 0.165. The molecule has 1 unspecified atom stereocenters. The minimum Gasteiger partial charge on any atom is -0.357 e. The van der Waals surface area contributed by atoms with Gasteiger partial charge in [0.25, 0.3) is 0 Å². The number of anilines is 1. The van der Waals surface area contributed by atoms with E-state index in [1.807, 2.05) is 30.3 Å². The zero-order chi connectivity index (χ0) is 17.2. The largest absolute Gasteiger partial charge is 0.357 e. The van der Waals surface area contributed by atoms with Crippen LogP contribution in [0.4, 0.5) is 10.2 Å². The molecule has 0 bridgehead atoms. The van der Waals surface area contributed by atoms with E-state index in [1.54, 1.807) is 35.2 Å². The molecule has 0 saturated heterocycles. The molecule has 0 amide bonds. The fraction of sp³-hybridized carbons (Fsp3) is 0.0526. The van der Waals surface area contributed by atoms with Gasteiger partial charge in [-0.1, -0.05) is 42.5 Å². The molecule has 4 rings (SSSR count). The molecular formula is C19H14BrFN4. The number of nitrogens with zero attached hydrogens (tertiary/aromatic N) is 3. The molecule has 0 aliphatic carbocycles. The summed E-state index contributed by atoms with van der Waals surface area (Å²) in [5.41, 5.74) is 2.87. The lowest BCUT2D eigenvalue weighted by Gasteiger charge is -2.21. The monoisotopic (exact) mass is 396 g/mol. The van der Waals surface area contributed by atoms with E-state index in [0.29, 0.717) is 5.82 Å².